The highest BCUT2D eigenvalue weighted by molar-refractivity contribution is 7.87. The zero-order chi connectivity index (χ0) is 14.8. The highest BCUT2D eigenvalue weighted by Crippen LogP contribution is 2.25. The van der Waals surface area contributed by atoms with Gasteiger partial charge in [0, 0.05) is 0 Å². The van der Waals surface area contributed by atoms with E-state index in [1.54, 1.807) is 24.3 Å². The van der Waals surface area contributed by atoms with Crippen LogP contribution in [-0.4, -0.2) is 8.42 Å². The Hall–Kier alpha value is -1.52. The van der Waals surface area contributed by atoms with Gasteiger partial charge in [-0.1, -0.05) is 49.7 Å². The summed E-state index contributed by atoms with van der Waals surface area (Å²) in [4.78, 5) is -0.0328. The second-order valence-electron chi connectivity index (χ2n) is 4.69. The van der Waals surface area contributed by atoms with Crippen molar-refractivity contribution in [3.8, 4) is 5.75 Å². The summed E-state index contributed by atoms with van der Waals surface area (Å²) in [5.41, 5.74) is 1.12. The molecule has 0 aliphatic rings. The third-order valence-electron chi connectivity index (χ3n) is 2.86. The molecule has 0 spiro atoms. The van der Waals surface area contributed by atoms with E-state index in [9.17, 15) is 8.42 Å². The fourth-order valence-corrected chi connectivity index (χ4v) is 3.15. The van der Waals surface area contributed by atoms with Gasteiger partial charge in [-0.05, 0) is 35.7 Å². The van der Waals surface area contributed by atoms with Gasteiger partial charge in [0.05, 0.1) is 5.02 Å². The lowest BCUT2D eigenvalue weighted by Gasteiger charge is -2.10. The first-order chi connectivity index (χ1) is 9.40. The number of rotatable bonds is 4. The molecule has 0 radical (unpaired) electrons. The van der Waals surface area contributed by atoms with E-state index in [4.69, 9.17) is 15.8 Å². The van der Waals surface area contributed by atoms with Gasteiger partial charge in [-0.15, -0.1) is 0 Å². The van der Waals surface area contributed by atoms with E-state index < -0.39 is 10.1 Å². The Bertz CT molecular complexity index is 691. The van der Waals surface area contributed by atoms with Crippen molar-refractivity contribution in [1.29, 1.82) is 0 Å². The molecule has 20 heavy (non-hydrogen) atoms. The maximum Gasteiger partial charge on any atom is 0.340 e. The van der Waals surface area contributed by atoms with E-state index in [2.05, 4.69) is 13.8 Å². The Kier molecular flexibility index (Phi) is 4.35. The molecule has 0 aliphatic heterocycles. The standard InChI is InChI=1S/C15H15ClO3S/c1-11(2)12-7-9-13(10-8-12)19-20(17,18)15-6-4-3-5-14(15)16/h3-11H,1-2H3. The summed E-state index contributed by atoms with van der Waals surface area (Å²) < 4.78 is 29.4. The van der Waals surface area contributed by atoms with Crippen LogP contribution in [0.25, 0.3) is 0 Å². The van der Waals surface area contributed by atoms with Crippen LogP contribution in [0.1, 0.15) is 25.3 Å². The fourth-order valence-electron chi connectivity index (χ4n) is 1.73. The minimum Gasteiger partial charge on any atom is -0.379 e. The van der Waals surface area contributed by atoms with Gasteiger partial charge in [0.1, 0.15) is 10.6 Å². The summed E-state index contributed by atoms with van der Waals surface area (Å²) in [6.45, 7) is 4.13. The third kappa shape index (κ3) is 3.32. The molecule has 5 heteroatoms. The van der Waals surface area contributed by atoms with E-state index in [1.165, 1.54) is 12.1 Å². The Morgan fingerprint density at radius 3 is 2.15 bits per heavy atom. The van der Waals surface area contributed by atoms with Crippen molar-refractivity contribution >= 4 is 21.7 Å². The van der Waals surface area contributed by atoms with Gasteiger partial charge in [-0.25, -0.2) is 0 Å². The number of hydrogen-bond acceptors (Lipinski definition) is 3. The summed E-state index contributed by atoms with van der Waals surface area (Å²) in [5.74, 6) is 0.651. The summed E-state index contributed by atoms with van der Waals surface area (Å²) in [6, 6.07) is 13.2. The van der Waals surface area contributed by atoms with Crippen LogP contribution in [0.15, 0.2) is 53.4 Å². The van der Waals surface area contributed by atoms with Crippen LogP contribution in [0, 0.1) is 0 Å². The molecule has 0 unspecified atom stereocenters. The quantitative estimate of drug-likeness (QED) is 0.794. The van der Waals surface area contributed by atoms with Gasteiger partial charge in [0.15, 0.2) is 0 Å². The predicted octanol–water partition coefficient (Wildman–Crippen LogP) is 4.23. The number of benzene rings is 2. The van der Waals surface area contributed by atoms with Gasteiger partial charge in [-0.2, -0.15) is 8.42 Å². The maximum atomic E-state index is 12.1. The van der Waals surface area contributed by atoms with Crippen molar-refractivity contribution in [3.63, 3.8) is 0 Å². The highest BCUT2D eigenvalue weighted by Gasteiger charge is 2.19. The molecule has 2 aromatic carbocycles. The van der Waals surface area contributed by atoms with E-state index in [0.717, 1.165) is 5.56 Å². The van der Waals surface area contributed by atoms with E-state index in [1.807, 2.05) is 12.1 Å². The summed E-state index contributed by atoms with van der Waals surface area (Å²) in [5, 5.41) is 0.145. The Labute approximate surface area is 124 Å². The monoisotopic (exact) mass is 310 g/mol. The van der Waals surface area contributed by atoms with Crippen LogP contribution >= 0.6 is 11.6 Å². The highest BCUT2D eigenvalue weighted by atomic mass is 35.5. The first-order valence-electron chi connectivity index (χ1n) is 6.19. The lowest BCUT2D eigenvalue weighted by atomic mass is 10.0. The second kappa shape index (κ2) is 5.85. The molecule has 0 bridgehead atoms. The van der Waals surface area contributed by atoms with Gasteiger partial charge in [-0.3, -0.25) is 0 Å². The minimum atomic E-state index is -3.91. The van der Waals surface area contributed by atoms with Crippen molar-refractivity contribution in [2.24, 2.45) is 0 Å². The molecule has 2 rings (SSSR count). The van der Waals surface area contributed by atoms with Crippen molar-refractivity contribution in [2.75, 3.05) is 0 Å². The molecule has 106 valence electrons. The van der Waals surface area contributed by atoms with Crippen molar-refractivity contribution in [3.05, 3.63) is 59.1 Å². The van der Waals surface area contributed by atoms with Crippen LogP contribution in [0.5, 0.6) is 5.75 Å². The van der Waals surface area contributed by atoms with Crippen molar-refractivity contribution in [1.82, 2.24) is 0 Å². The molecular weight excluding hydrogens is 296 g/mol. The summed E-state index contributed by atoms with van der Waals surface area (Å²) in [7, 11) is -3.91. The van der Waals surface area contributed by atoms with Gasteiger partial charge >= 0.3 is 10.1 Å². The molecule has 0 atom stereocenters. The smallest absolute Gasteiger partial charge is 0.340 e. The third-order valence-corrected chi connectivity index (χ3v) is 4.61. The SMILES string of the molecule is CC(C)c1ccc(OS(=O)(=O)c2ccccc2Cl)cc1. The lowest BCUT2D eigenvalue weighted by Crippen LogP contribution is -2.10. The molecule has 0 heterocycles. The number of halogens is 1. The van der Waals surface area contributed by atoms with Crippen molar-refractivity contribution in [2.45, 2.75) is 24.7 Å². The maximum absolute atomic E-state index is 12.1. The van der Waals surface area contributed by atoms with Crippen LogP contribution in [0.3, 0.4) is 0 Å². The van der Waals surface area contributed by atoms with Crippen LogP contribution in [-0.2, 0) is 10.1 Å². The van der Waals surface area contributed by atoms with Crippen molar-refractivity contribution < 1.29 is 12.6 Å². The van der Waals surface area contributed by atoms with Crippen LogP contribution in [0.4, 0.5) is 0 Å². The molecule has 0 saturated carbocycles. The zero-order valence-electron chi connectivity index (χ0n) is 11.2. The average Bonchev–Trinajstić information content (AvgIpc) is 2.39. The predicted molar refractivity (Wildman–Crippen MR) is 79.8 cm³/mol. The topological polar surface area (TPSA) is 43.4 Å². The summed E-state index contributed by atoms with van der Waals surface area (Å²) >= 11 is 5.88. The molecule has 0 saturated heterocycles. The fraction of sp³-hybridized carbons (Fsp3) is 0.200. The summed E-state index contributed by atoms with van der Waals surface area (Å²) in [6.07, 6.45) is 0. The Morgan fingerprint density at radius 2 is 1.60 bits per heavy atom. The Morgan fingerprint density at radius 1 is 1.00 bits per heavy atom. The van der Waals surface area contributed by atoms with E-state index in [0.29, 0.717) is 5.92 Å². The minimum absolute atomic E-state index is 0.0328. The average molecular weight is 311 g/mol. The molecular formula is C15H15ClO3S. The normalized spacial score (nSPS) is 11.6. The number of hydrogen-bond donors (Lipinski definition) is 0. The molecule has 2 aromatic rings. The van der Waals surface area contributed by atoms with Crippen LogP contribution < -0.4 is 4.18 Å². The molecule has 0 aliphatic carbocycles. The molecule has 0 amide bonds. The van der Waals surface area contributed by atoms with E-state index >= 15 is 0 Å². The largest absolute Gasteiger partial charge is 0.379 e. The molecule has 0 aromatic heterocycles. The van der Waals surface area contributed by atoms with Gasteiger partial charge < -0.3 is 4.18 Å². The molecule has 3 nitrogen and oxygen atoms in total. The first kappa shape index (κ1) is 14.9. The van der Waals surface area contributed by atoms with Gasteiger partial charge in [0.2, 0.25) is 0 Å². The first-order valence-corrected chi connectivity index (χ1v) is 7.98. The second-order valence-corrected chi connectivity index (χ2v) is 6.61. The molecule has 0 fully saturated rings. The zero-order valence-corrected chi connectivity index (χ0v) is 12.8. The van der Waals surface area contributed by atoms with Gasteiger partial charge in [0.25, 0.3) is 0 Å². The lowest BCUT2D eigenvalue weighted by molar-refractivity contribution is 0.486. The van der Waals surface area contributed by atoms with E-state index in [-0.39, 0.29) is 15.7 Å². The Balaban J connectivity index is 2.27. The molecule has 0 N–H and O–H groups in total. The van der Waals surface area contributed by atoms with Crippen LogP contribution in [0.2, 0.25) is 5.02 Å².